The summed E-state index contributed by atoms with van der Waals surface area (Å²) in [5.74, 6) is -0.597. The summed E-state index contributed by atoms with van der Waals surface area (Å²) in [6, 6.07) is 3.07. The molecule has 1 N–H and O–H groups in total. The van der Waals surface area contributed by atoms with E-state index in [1.807, 2.05) is 20.8 Å². The number of ether oxygens (including phenoxy) is 1. The van der Waals surface area contributed by atoms with E-state index in [1.165, 1.54) is 24.0 Å². The number of aliphatic hydroxyl groups excluding tert-OH is 1. The van der Waals surface area contributed by atoms with Crippen LogP contribution in [-0.2, 0) is 4.74 Å². The summed E-state index contributed by atoms with van der Waals surface area (Å²) < 4.78 is 9.70. The number of carbonyl (C=O) groups is 1. The molecule has 4 nitrogen and oxygen atoms in total. The Balaban J connectivity index is 2.43. The summed E-state index contributed by atoms with van der Waals surface area (Å²) in [6.07, 6.45) is 5.51. The third-order valence-corrected chi connectivity index (χ3v) is 2.47. The van der Waals surface area contributed by atoms with Crippen molar-refractivity contribution in [3.8, 4) is 0 Å². The average molecular weight is 264 g/mol. The van der Waals surface area contributed by atoms with Crippen LogP contribution in [0.15, 0.2) is 46.1 Å². The van der Waals surface area contributed by atoms with Gasteiger partial charge in [0.1, 0.15) is 0 Å². The van der Waals surface area contributed by atoms with Gasteiger partial charge < -0.3 is 14.3 Å². The predicted octanol–water partition coefficient (Wildman–Crippen LogP) is 3.45. The van der Waals surface area contributed by atoms with Crippen molar-refractivity contribution in [2.24, 2.45) is 0 Å². The number of aliphatic hydroxyl groups is 1. The summed E-state index contributed by atoms with van der Waals surface area (Å²) in [6.45, 7) is 5.97. The van der Waals surface area contributed by atoms with Gasteiger partial charge in [0.2, 0.25) is 12.1 Å². The highest BCUT2D eigenvalue weighted by molar-refractivity contribution is 5.86. The fraction of sp³-hybridized carbons (Fsp3) is 0.400. The lowest BCUT2D eigenvalue weighted by atomic mass is 10.1. The average Bonchev–Trinajstić information content (AvgIpc) is 2.81. The second kappa shape index (κ2) is 7.59. The van der Waals surface area contributed by atoms with Gasteiger partial charge in [-0.05, 0) is 51.8 Å². The second-order valence-corrected chi connectivity index (χ2v) is 4.61. The molecular formula is C15H20O4. The summed E-state index contributed by atoms with van der Waals surface area (Å²) in [4.78, 5) is 11.5. The van der Waals surface area contributed by atoms with Crippen LogP contribution in [0.1, 0.15) is 44.2 Å². The highest BCUT2D eigenvalue weighted by atomic mass is 16.6. The Morgan fingerprint density at radius 2 is 2.21 bits per heavy atom. The molecular weight excluding hydrogens is 244 g/mol. The lowest BCUT2D eigenvalue weighted by Gasteiger charge is -2.08. The third kappa shape index (κ3) is 6.06. The molecule has 0 bridgehead atoms. The number of carbonyl (C=O) groups excluding carboxylic acids is 1. The van der Waals surface area contributed by atoms with Gasteiger partial charge in [-0.3, -0.25) is 0 Å². The van der Waals surface area contributed by atoms with Gasteiger partial charge >= 0.3 is 5.97 Å². The Morgan fingerprint density at radius 3 is 2.79 bits per heavy atom. The van der Waals surface area contributed by atoms with E-state index < -0.39 is 12.3 Å². The molecule has 0 aromatic carbocycles. The SMILES string of the molecule is CC(C)=CCC/C(C)=C/C(O)OC(=O)c1ccco1. The summed E-state index contributed by atoms with van der Waals surface area (Å²) in [5, 5.41) is 9.62. The zero-order chi connectivity index (χ0) is 14.3. The molecule has 0 aliphatic carbocycles. The van der Waals surface area contributed by atoms with Crippen molar-refractivity contribution in [3.63, 3.8) is 0 Å². The van der Waals surface area contributed by atoms with Crippen molar-refractivity contribution >= 4 is 5.97 Å². The second-order valence-electron chi connectivity index (χ2n) is 4.61. The van der Waals surface area contributed by atoms with Crippen LogP contribution in [0.25, 0.3) is 0 Å². The Hall–Kier alpha value is -1.81. The number of hydrogen-bond donors (Lipinski definition) is 1. The van der Waals surface area contributed by atoms with E-state index >= 15 is 0 Å². The molecule has 19 heavy (non-hydrogen) atoms. The maximum absolute atomic E-state index is 11.5. The van der Waals surface area contributed by atoms with Crippen LogP contribution in [0.5, 0.6) is 0 Å². The molecule has 0 aliphatic rings. The van der Waals surface area contributed by atoms with E-state index in [4.69, 9.17) is 9.15 Å². The summed E-state index contributed by atoms with van der Waals surface area (Å²) >= 11 is 0. The van der Waals surface area contributed by atoms with E-state index in [2.05, 4.69) is 6.08 Å². The first-order valence-corrected chi connectivity index (χ1v) is 6.22. The predicted molar refractivity (Wildman–Crippen MR) is 72.6 cm³/mol. The van der Waals surface area contributed by atoms with Crippen LogP contribution in [-0.4, -0.2) is 17.4 Å². The quantitative estimate of drug-likeness (QED) is 0.485. The zero-order valence-electron chi connectivity index (χ0n) is 11.6. The molecule has 1 rings (SSSR count). The van der Waals surface area contributed by atoms with Gasteiger partial charge in [-0.2, -0.15) is 0 Å². The molecule has 1 aromatic heterocycles. The molecule has 0 amide bonds. The molecule has 0 saturated carbocycles. The third-order valence-electron chi connectivity index (χ3n) is 2.47. The van der Waals surface area contributed by atoms with Crippen molar-refractivity contribution in [2.75, 3.05) is 0 Å². The molecule has 1 unspecified atom stereocenters. The lowest BCUT2D eigenvalue weighted by Crippen LogP contribution is -2.15. The molecule has 1 aromatic rings. The Kier molecular flexibility index (Phi) is 6.09. The topological polar surface area (TPSA) is 59.7 Å². The largest absolute Gasteiger partial charge is 0.457 e. The van der Waals surface area contributed by atoms with Crippen molar-refractivity contribution in [1.82, 2.24) is 0 Å². The van der Waals surface area contributed by atoms with Crippen molar-refractivity contribution in [2.45, 2.75) is 39.9 Å². The van der Waals surface area contributed by atoms with Crippen molar-refractivity contribution in [1.29, 1.82) is 0 Å². The van der Waals surface area contributed by atoms with Gasteiger partial charge in [0.15, 0.2) is 0 Å². The summed E-state index contributed by atoms with van der Waals surface area (Å²) in [7, 11) is 0. The van der Waals surface area contributed by atoms with Crippen LogP contribution in [0.2, 0.25) is 0 Å². The van der Waals surface area contributed by atoms with Gasteiger partial charge in [-0.25, -0.2) is 4.79 Å². The summed E-state index contributed by atoms with van der Waals surface area (Å²) in [5.41, 5.74) is 2.23. The fourth-order valence-electron chi connectivity index (χ4n) is 1.51. The minimum absolute atomic E-state index is 0.0784. The van der Waals surface area contributed by atoms with E-state index in [1.54, 1.807) is 6.07 Å². The first kappa shape index (κ1) is 15.2. The normalized spacial score (nSPS) is 12.9. The van der Waals surface area contributed by atoms with Crippen LogP contribution in [0.3, 0.4) is 0 Å². The van der Waals surface area contributed by atoms with Gasteiger partial charge in [0.25, 0.3) is 0 Å². The molecule has 0 aliphatic heterocycles. The Morgan fingerprint density at radius 1 is 1.47 bits per heavy atom. The maximum atomic E-state index is 11.5. The van der Waals surface area contributed by atoms with E-state index in [0.717, 1.165) is 18.4 Å². The zero-order valence-corrected chi connectivity index (χ0v) is 11.6. The number of hydrogen-bond acceptors (Lipinski definition) is 4. The van der Waals surface area contributed by atoms with Gasteiger partial charge in [0, 0.05) is 0 Å². The molecule has 4 heteroatoms. The number of furan rings is 1. The molecule has 0 saturated heterocycles. The van der Waals surface area contributed by atoms with Gasteiger partial charge in [0.05, 0.1) is 6.26 Å². The molecule has 0 fully saturated rings. The highest BCUT2D eigenvalue weighted by Crippen LogP contribution is 2.10. The van der Waals surface area contributed by atoms with E-state index in [-0.39, 0.29) is 5.76 Å². The number of rotatable bonds is 6. The minimum atomic E-state index is -1.25. The molecule has 1 heterocycles. The van der Waals surface area contributed by atoms with E-state index in [0.29, 0.717) is 0 Å². The Bertz CT molecular complexity index is 450. The monoisotopic (exact) mass is 264 g/mol. The maximum Gasteiger partial charge on any atom is 0.376 e. The standard InChI is InChI=1S/C15H20O4/c1-11(2)6-4-7-12(3)10-14(16)19-15(17)13-8-5-9-18-13/h5-6,8-10,14,16H,4,7H2,1-3H3/b12-10+. The highest BCUT2D eigenvalue weighted by Gasteiger charge is 2.13. The van der Waals surface area contributed by atoms with Crippen molar-refractivity contribution in [3.05, 3.63) is 47.5 Å². The van der Waals surface area contributed by atoms with E-state index in [9.17, 15) is 9.90 Å². The van der Waals surface area contributed by atoms with Crippen LogP contribution in [0, 0.1) is 0 Å². The van der Waals surface area contributed by atoms with Crippen LogP contribution < -0.4 is 0 Å². The lowest BCUT2D eigenvalue weighted by molar-refractivity contribution is -0.0379. The van der Waals surface area contributed by atoms with Gasteiger partial charge in [-0.15, -0.1) is 0 Å². The fourth-order valence-corrected chi connectivity index (χ4v) is 1.51. The van der Waals surface area contributed by atoms with Gasteiger partial charge in [-0.1, -0.05) is 17.2 Å². The minimum Gasteiger partial charge on any atom is -0.457 e. The first-order valence-electron chi connectivity index (χ1n) is 6.22. The molecule has 0 radical (unpaired) electrons. The van der Waals surface area contributed by atoms with Crippen molar-refractivity contribution < 1.29 is 19.1 Å². The first-order chi connectivity index (χ1) is 8.99. The number of esters is 1. The van der Waals surface area contributed by atoms with Crippen LogP contribution in [0.4, 0.5) is 0 Å². The Labute approximate surface area is 113 Å². The molecule has 0 spiro atoms. The molecule has 1 atom stereocenters. The molecule has 104 valence electrons. The smallest absolute Gasteiger partial charge is 0.376 e. The van der Waals surface area contributed by atoms with Crippen LogP contribution >= 0.6 is 0 Å². The number of allylic oxidation sites excluding steroid dienone is 3.